The van der Waals surface area contributed by atoms with Gasteiger partial charge in [-0.15, -0.1) is 0 Å². The van der Waals surface area contributed by atoms with Gasteiger partial charge in [-0.05, 0) is 19.9 Å². The first-order valence-corrected chi connectivity index (χ1v) is 5.46. The molecule has 0 spiro atoms. The van der Waals surface area contributed by atoms with Gasteiger partial charge in [0.05, 0.1) is 17.9 Å². The molecule has 0 aliphatic carbocycles. The molecule has 0 aliphatic rings. The third-order valence-corrected chi connectivity index (χ3v) is 2.41. The average Bonchev–Trinajstić information content (AvgIpc) is 2.33. The van der Waals surface area contributed by atoms with Crippen molar-refractivity contribution in [2.75, 3.05) is 6.54 Å². The molecule has 0 bridgehead atoms. The molecule has 1 N–H and O–H groups in total. The molecular formula is C13H14F2N2O. The van der Waals surface area contributed by atoms with E-state index in [1.165, 1.54) is 12.1 Å². The second kappa shape index (κ2) is 5.58. The van der Waals surface area contributed by atoms with Gasteiger partial charge in [-0.2, -0.15) is 5.26 Å². The van der Waals surface area contributed by atoms with E-state index >= 15 is 0 Å². The van der Waals surface area contributed by atoms with Crippen LogP contribution in [0, 0.1) is 28.4 Å². The monoisotopic (exact) mass is 252 g/mol. The zero-order valence-corrected chi connectivity index (χ0v) is 10.3. The summed E-state index contributed by atoms with van der Waals surface area (Å²) in [6.07, 6.45) is -0.245. The molecule has 0 atom stereocenters. The average molecular weight is 252 g/mol. The number of amides is 1. The summed E-state index contributed by atoms with van der Waals surface area (Å²) < 4.78 is 26.2. The van der Waals surface area contributed by atoms with E-state index in [0.717, 1.165) is 6.07 Å². The summed E-state index contributed by atoms with van der Waals surface area (Å²) in [5.74, 6) is -2.42. The van der Waals surface area contributed by atoms with Crippen LogP contribution in [0.15, 0.2) is 18.2 Å². The van der Waals surface area contributed by atoms with E-state index in [1.54, 1.807) is 13.8 Å². The normalized spacial score (nSPS) is 10.8. The Labute approximate surface area is 104 Å². The predicted molar refractivity (Wildman–Crippen MR) is 62.5 cm³/mol. The number of carbonyl (C=O) groups is 1. The van der Waals surface area contributed by atoms with E-state index in [0.29, 0.717) is 0 Å². The highest BCUT2D eigenvalue weighted by molar-refractivity contribution is 5.78. The lowest BCUT2D eigenvalue weighted by Crippen LogP contribution is -2.34. The van der Waals surface area contributed by atoms with Crippen LogP contribution in [0.1, 0.15) is 19.4 Å². The second-order valence-corrected chi connectivity index (χ2v) is 4.66. The number of hydrogen-bond acceptors (Lipinski definition) is 2. The molecule has 0 fully saturated rings. The Morgan fingerprint density at radius 1 is 1.44 bits per heavy atom. The predicted octanol–water partition coefficient (Wildman–Crippen LogP) is 2.17. The zero-order valence-electron chi connectivity index (χ0n) is 10.3. The lowest BCUT2D eigenvalue weighted by molar-refractivity contribution is -0.120. The maximum atomic E-state index is 13.3. The highest BCUT2D eigenvalue weighted by atomic mass is 19.2. The van der Waals surface area contributed by atoms with Crippen molar-refractivity contribution in [3.63, 3.8) is 0 Å². The number of halogens is 2. The van der Waals surface area contributed by atoms with Crippen LogP contribution in [0.5, 0.6) is 0 Å². The zero-order chi connectivity index (χ0) is 13.8. The Hall–Kier alpha value is -1.96. The Morgan fingerprint density at radius 2 is 2.11 bits per heavy atom. The van der Waals surface area contributed by atoms with Gasteiger partial charge in [-0.1, -0.05) is 12.1 Å². The van der Waals surface area contributed by atoms with Crippen LogP contribution < -0.4 is 5.32 Å². The Bertz CT molecular complexity index is 492. The van der Waals surface area contributed by atoms with Crippen LogP contribution in [0.2, 0.25) is 0 Å². The molecule has 0 aliphatic heterocycles. The van der Waals surface area contributed by atoms with Gasteiger partial charge in [0.25, 0.3) is 0 Å². The van der Waals surface area contributed by atoms with Gasteiger partial charge >= 0.3 is 0 Å². The van der Waals surface area contributed by atoms with E-state index in [-0.39, 0.29) is 18.5 Å². The Morgan fingerprint density at radius 3 is 2.72 bits per heavy atom. The number of benzene rings is 1. The van der Waals surface area contributed by atoms with Gasteiger partial charge in [0.2, 0.25) is 5.91 Å². The van der Waals surface area contributed by atoms with Crippen molar-refractivity contribution in [2.45, 2.75) is 20.3 Å². The van der Waals surface area contributed by atoms with Crippen molar-refractivity contribution in [1.29, 1.82) is 5.26 Å². The van der Waals surface area contributed by atoms with Crippen LogP contribution in [0.25, 0.3) is 0 Å². The third-order valence-electron chi connectivity index (χ3n) is 2.41. The molecule has 0 heterocycles. The molecule has 0 unspecified atom stereocenters. The van der Waals surface area contributed by atoms with Gasteiger partial charge < -0.3 is 5.32 Å². The molecule has 0 aromatic heterocycles. The van der Waals surface area contributed by atoms with Crippen molar-refractivity contribution in [3.8, 4) is 6.07 Å². The fraction of sp³-hybridized carbons (Fsp3) is 0.385. The van der Waals surface area contributed by atoms with E-state index in [2.05, 4.69) is 5.32 Å². The molecule has 96 valence electrons. The van der Waals surface area contributed by atoms with E-state index in [9.17, 15) is 13.6 Å². The van der Waals surface area contributed by atoms with Gasteiger partial charge in [0.15, 0.2) is 11.6 Å². The molecule has 3 nitrogen and oxygen atoms in total. The third kappa shape index (κ3) is 3.81. The summed E-state index contributed by atoms with van der Waals surface area (Å²) >= 11 is 0. The summed E-state index contributed by atoms with van der Waals surface area (Å²) in [7, 11) is 0. The first kappa shape index (κ1) is 14.1. The second-order valence-electron chi connectivity index (χ2n) is 4.66. The van der Waals surface area contributed by atoms with Crippen LogP contribution in [0.3, 0.4) is 0 Å². The minimum absolute atomic E-state index is 0.00210. The standard InChI is InChI=1S/C13H14F2N2O/c1-13(2,7-16)8-17-11(18)6-9-4-3-5-10(14)12(9)15/h3-5H,6,8H2,1-2H3,(H,17,18). The molecule has 1 aromatic rings. The maximum Gasteiger partial charge on any atom is 0.224 e. The van der Waals surface area contributed by atoms with Crippen molar-refractivity contribution in [2.24, 2.45) is 5.41 Å². The summed E-state index contributed by atoms with van der Waals surface area (Å²) in [6, 6.07) is 5.73. The largest absolute Gasteiger partial charge is 0.354 e. The fourth-order valence-electron chi connectivity index (χ4n) is 1.28. The van der Waals surface area contributed by atoms with Gasteiger partial charge in [0.1, 0.15) is 0 Å². The molecule has 0 saturated heterocycles. The lowest BCUT2D eigenvalue weighted by atomic mass is 9.96. The summed E-state index contributed by atoms with van der Waals surface area (Å²) in [4.78, 5) is 11.5. The number of nitriles is 1. The molecule has 1 rings (SSSR count). The van der Waals surface area contributed by atoms with Crippen LogP contribution >= 0.6 is 0 Å². The van der Waals surface area contributed by atoms with Crippen LogP contribution in [-0.2, 0) is 11.2 Å². The molecule has 0 saturated carbocycles. The molecule has 1 aromatic carbocycles. The number of nitrogens with one attached hydrogen (secondary N) is 1. The first-order valence-electron chi connectivity index (χ1n) is 5.46. The quantitative estimate of drug-likeness (QED) is 0.892. The van der Waals surface area contributed by atoms with Crippen LogP contribution in [0.4, 0.5) is 8.78 Å². The highest BCUT2D eigenvalue weighted by Gasteiger charge is 2.18. The number of hydrogen-bond donors (Lipinski definition) is 1. The molecule has 18 heavy (non-hydrogen) atoms. The topological polar surface area (TPSA) is 52.9 Å². The van der Waals surface area contributed by atoms with Gasteiger partial charge in [-0.3, -0.25) is 4.79 Å². The summed E-state index contributed by atoms with van der Waals surface area (Å²) in [5.41, 5.74) is -0.682. The van der Waals surface area contributed by atoms with E-state index in [4.69, 9.17) is 5.26 Å². The maximum absolute atomic E-state index is 13.3. The summed E-state index contributed by atoms with van der Waals surface area (Å²) in [6.45, 7) is 3.52. The van der Waals surface area contributed by atoms with Gasteiger partial charge in [0, 0.05) is 12.1 Å². The lowest BCUT2D eigenvalue weighted by Gasteiger charge is -2.15. The molecule has 0 radical (unpaired) electrons. The fourth-order valence-corrected chi connectivity index (χ4v) is 1.28. The Kier molecular flexibility index (Phi) is 4.38. The first-order chi connectivity index (χ1) is 8.35. The van der Waals surface area contributed by atoms with Crippen molar-refractivity contribution >= 4 is 5.91 Å². The van der Waals surface area contributed by atoms with E-state index in [1.807, 2.05) is 6.07 Å². The molecular weight excluding hydrogens is 238 g/mol. The smallest absolute Gasteiger partial charge is 0.224 e. The number of nitrogens with zero attached hydrogens (tertiary/aromatic N) is 1. The summed E-state index contributed by atoms with van der Waals surface area (Å²) in [5, 5.41) is 11.3. The minimum atomic E-state index is -1.01. The van der Waals surface area contributed by atoms with Gasteiger partial charge in [-0.25, -0.2) is 8.78 Å². The van der Waals surface area contributed by atoms with Crippen molar-refractivity contribution in [3.05, 3.63) is 35.4 Å². The molecule has 5 heteroatoms. The van der Waals surface area contributed by atoms with Crippen LogP contribution in [-0.4, -0.2) is 12.5 Å². The molecule has 1 amide bonds. The number of rotatable bonds is 4. The van der Waals surface area contributed by atoms with Crippen molar-refractivity contribution < 1.29 is 13.6 Å². The number of carbonyl (C=O) groups excluding carboxylic acids is 1. The Balaban J connectivity index is 2.61. The van der Waals surface area contributed by atoms with Crippen molar-refractivity contribution in [1.82, 2.24) is 5.32 Å². The minimum Gasteiger partial charge on any atom is -0.354 e. The highest BCUT2D eigenvalue weighted by Crippen LogP contribution is 2.13. The van der Waals surface area contributed by atoms with E-state index < -0.39 is 23.0 Å². The SMILES string of the molecule is CC(C)(C#N)CNC(=O)Cc1cccc(F)c1F.